The van der Waals surface area contributed by atoms with Crippen LogP contribution in [0.1, 0.15) is 11.1 Å². The van der Waals surface area contributed by atoms with Gasteiger partial charge in [-0.2, -0.15) is 0 Å². The Hall–Kier alpha value is -3.81. The first-order chi connectivity index (χ1) is 16.4. The molecule has 3 aromatic carbocycles. The summed E-state index contributed by atoms with van der Waals surface area (Å²) < 4.78 is 11.3. The second-order valence-electron chi connectivity index (χ2n) is 7.27. The maximum atomic E-state index is 13.0. The average molecular weight is 497 g/mol. The van der Waals surface area contributed by atoms with Crippen LogP contribution in [0.15, 0.2) is 72.3 Å². The fraction of sp³-hybridized carbons (Fsp3) is 0.0800. The van der Waals surface area contributed by atoms with Crippen molar-refractivity contribution in [1.29, 1.82) is 0 Å². The molecule has 0 bridgehead atoms. The van der Waals surface area contributed by atoms with Crippen molar-refractivity contribution in [3.05, 3.63) is 93.5 Å². The number of anilines is 1. The zero-order valence-electron chi connectivity index (χ0n) is 17.9. The fourth-order valence-electron chi connectivity index (χ4n) is 3.35. The van der Waals surface area contributed by atoms with Gasteiger partial charge >= 0.3 is 6.03 Å². The first-order valence-corrected chi connectivity index (χ1v) is 10.8. The second kappa shape index (κ2) is 9.99. The summed E-state index contributed by atoms with van der Waals surface area (Å²) in [6.45, 7) is 0.273. The molecule has 0 unspecified atom stereocenters. The second-order valence-corrected chi connectivity index (χ2v) is 8.14. The third-order valence-corrected chi connectivity index (χ3v) is 5.42. The molecule has 4 amide bonds. The van der Waals surface area contributed by atoms with Crippen LogP contribution in [0.2, 0.25) is 10.0 Å². The number of hydrogen-bond donors (Lipinski definition) is 1. The van der Waals surface area contributed by atoms with Gasteiger partial charge in [-0.05, 0) is 59.7 Å². The molecule has 4 rings (SSSR count). The van der Waals surface area contributed by atoms with E-state index in [2.05, 4.69) is 5.32 Å². The Morgan fingerprint density at radius 3 is 2.35 bits per heavy atom. The molecule has 172 valence electrons. The molecule has 0 radical (unpaired) electrons. The highest BCUT2D eigenvalue weighted by Crippen LogP contribution is 2.31. The Morgan fingerprint density at radius 2 is 1.65 bits per heavy atom. The van der Waals surface area contributed by atoms with Gasteiger partial charge in [-0.25, -0.2) is 9.69 Å². The molecule has 0 saturated carbocycles. The third kappa shape index (κ3) is 5.06. The number of hydrogen-bond acceptors (Lipinski definition) is 5. The molecule has 1 aliphatic rings. The molecular formula is C25H18Cl2N2O5. The van der Waals surface area contributed by atoms with E-state index < -0.39 is 17.8 Å². The van der Waals surface area contributed by atoms with Crippen LogP contribution in [-0.2, 0) is 16.2 Å². The van der Waals surface area contributed by atoms with Crippen LogP contribution in [0.5, 0.6) is 11.5 Å². The van der Waals surface area contributed by atoms with Crippen LogP contribution < -0.4 is 19.7 Å². The minimum Gasteiger partial charge on any atom is -0.493 e. The zero-order valence-corrected chi connectivity index (χ0v) is 19.4. The topological polar surface area (TPSA) is 84.9 Å². The molecule has 1 heterocycles. The summed E-state index contributed by atoms with van der Waals surface area (Å²) in [6.07, 6.45) is 1.38. The van der Waals surface area contributed by atoms with Crippen molar-refractivity contribution < 1.29 is 23.9 Å². The van der Waals surface area contributed by atoms with Crippen LogP contribution in [-0.4, -0.2) is 25.0 Å². The number of imide groups is 2. The minimum absolute atomic E-state index is 0.214. The molecule has 0 atom stereocenters. The van der Waals surface area contributed by atoms with Gasteiger partial charge in [0.15, 0.2) is 11.5 Å². The highest BCUT2D eigenvalue weighted by molar-refractivity contribution is 6.39. The van der Waals surface area contributed by atoms with Crippen molar-refractivity contribution in [1.82, 2.24) is 5.32 Å². The number of barbiturate groups is 1. The van der Waals surface area contributed by atoms with Gasteiger partial charge in [-0.3, -0.25) is 14.9 Å². The smallest absolute Gasteiger partial charge is 0.335 e. The monoisotopic (exact) mass is 496 g/mol. The Bertz CT molecular complexity index is 1320. The largest absolute Gasteiger partial charge is 0.493 e. The molecule has 0 aliphatic carbocycles. The summed E-state index contributed by atoms with van der Waals surface area (Å²) >= 11 is 12.0. The number of halogens is 2. The molecule has 1 aliphatic heterocycles. The van der Waals surface area contributed by atoms with Crippen molar-refractivity contribution in [2.24, 2.45) is 0 Å². The first-order valence-electron chi connectivity index (χ1n) is 10.1. The van der Waals surface area contributed by atoms with Crippen LogP contribution >= 0.6 is 23.2 Å². The predicted octanol–water partition coefficient (Wildman–Crippen LogP) is 5.25. The lowest BCUT2D eigenvalue weighted by atomic mass is 10.1. The van der Waals surface area contributed by atoms with Gasteiger partial charge in [0.05, 0.1) is 12.8 Å². The highest BCUT2D eigenvalue weighted by Gasteiger charge is 2.36. The van der Waals surface area contributed by atoms with Gasteiger partial charge in [-0.15, -0.1) is 0 Å². The number of amides is 4. The lowest BCUT2D eigenvalue weighted by molar-refractivity contribution is -0.122. The van der Waals surface area contributed by atoms with Crippen molar-refractivity contribution >= 4 is 52.8 Å². The number of carbonyl (C=O) groups is 3. The molecule has 1 fully saturated rings. The maximum Gasteiger partial charge on any atom is 0.335 e. The lowest BCUT2D eigenvalue weighted by Gasteiger charge is -2.26. The van der Waals surface area contributed by atoms with Gasteiger partial charge in [-0.1, -0.05) is 47.5 Å². The van der Waals surface area contributed by atoms with Gasteiger partial charge in [0.1, 0.15) is 12.2 Å². The van der Waals surface area contributed by atoms with E-state index in [1.165, 1.54) is 19.3 Å². The lowest BCUT2D eigenvalue weighted by Crippen LogP contribution is -2.54. The number of ether oxygens (including phenoxy) is 2. The Balaban J connectivity index is 1.60. The van der Waals surface area contributed by atoms with Crippen molar-refractivity contribution in [3.63, 3.8) is 0 Å². The number of methoxy groups -OCH3 is 1. The molecule has 1 N–H and O–H groups in total. The van der Waals surface area contributed by atoms with E-state index in [0.29, 0.717) is 27.1 Å². The number of urea groups is 1. The van der Waals surface area contributed by atoms with Gasteiger partial charge in [0, 0.05) is 10.0 Å². The summed E-state index contributed by atoms with van der Waals surface area (Å²) in [6, 6.07) is 17.6. The van der Waals surface area contributed by atoms with E-state index in [1.807, 2.05) is 12.1 Å². The van der Waals surface area contributed by atoms with Crippen molar-refractivity contribution in [2.45, 2.75) is 6.61 Å². The normalized spacial score (nSPS) is 14.9. The third-order valence-electron chi connectivity index (χ3n) is 4.95. The van der Waals surface area contributed by atoms with E-state index in [0.717, 1.165) is 10.5 Å². The van der Waals surface area contributed by atoms with Crippen LogP contribution in [0.3, 0.4) is 0 Å². The number of nitrogens with one attached hydrogen (secondary N) is 1. The summed E-state index contributed by atoms with van der Waals surface area (Å²) in [7, 11) is 1.48. The summed E-state index contributed by atoms with van der Waals surface area (Å²) in [5.41, 5.74) is 1.42. The molecule has 0 spiro atoms. The van der Waals surface area contributed by atoms with Crippen molar-refractivity contribution in [3.8, 4) is 11.5 Å². The molecular weight excluding hydrogens is 479 g/mol. The Kier molecular flexibility index (Phi) is 6.86. The molecule has 34 heavy (non-hydrogen) atoms. The van der Waals surface area contributed by atoms with Gasteiger partial charge in [0.2, 0.25) is 0 Å². The van der Waals surface area contributed by atoms with Gasteiger partial charge in [0.25, 0.3) is 11.8 Å². The van der Waals surface area contributed by atoms with Gasteiger partial charge < -0.3 is 9.47 Å². The Morgan fingerprint density at radius 1 is 0.912 bits per heavy atom. The fourth-order valence-corrected chi connectivity index (χ4v) is 3.75. The molecule has 3 aromatic rings. The highest BCUT2D eigenvalue weighted by atomic mass is 35.5. The van der Waals surface area contributed by atoms with E-state index in [4.69, 9.17) is 32.7 Å². The standard InChI is InChI=1S/C25H18Cl2N2O5/c1-33-22-12-15(8-9-21(22)34-14-16-4-2-5-17(26)10-16)11-20-23(30)28-25(32)29(24(20)31)19-7-3-6-18(27)13-19/h2-13H,14H2,1H3,(H,28,30,32)/b20-11+. The summed E-state index contributed by atoms with van der Waals surface area (Å²) in [5.74, 6) is -0.688. The van der Waals surface area contributed by atoms with E-state index in [1.54, 1.807) is 48.5 Å². The number of benzene rings is 3. The number of rotatable bonds is 6. The summed E-state index contributed by atoms with van der Waals surface area (Å²) in [4.78, 5) is 38.7. The quantitative estimate of drug-likeness (QED) is 0.372. The van der Waals surface area contributed by atoms with E-state index in [-0.39, 0.29) is 17.9 Å². The Labute approximate surface area is 205 Å². The molecule has 7 nitrogen and oxygen atoms in total. The SMILES string of the molecule is COc1cc(/C=C2\C(=O)NC(=O)N(c3cccc(Cl)c3)C2=O)ccc1OCc1cccc(Cl)c1. The average Bonchev–Trinajstić information content (AvgIpc) is 2.80. The molecule has 9 heteroatoms. The van der Waals surface area contributed by atoms with Crippen LogP contribution in [0.25, 0.3) is 6.08 Å². The maximum absolute atomic E-state index is 13.0. The first kappa shape index (κ1) is 23.4. The van der Waals surface area contributed by atoms with Crippen molar-refractivity contribution in [2.75, 3.05) is 12.0 Å². The minimum atomic E-state index is -0.850. The van der Waals surface area contributed by atoms with E-state index in [9.17, 15) is 14.4 Å². The predicted molar refractivity (Wildman–Crippen MR) is 129 cm³/mol. The molecule has 1 saturated heterocycles. The van der Waals surface area contributed by atoms with Crippen LogP contribution in [0.4, 0.5) is 10.5 Å². The summed E-state index contributed by atoms with van der Waals surface area (Å²) in [5, 5.41) is 3.13. The van der Waals surface area contributed by atoms with E-state index >= 15 is 0 Å². The molecule has 0 aromatic heterocycles. The number of nitrogens with zero attached hydrogens (tertiary/aromatic N) is 1. The zero-order chi connectivity index (χ0) is 24.2. The van der Waals surface area contributed by atoms with Crippen LogP contribution in [0, 0.1) is 0 Å². The number of carbonyl (C=O) groups excluding carboxylic acids is 3.